The van der Waals surface area contributed by atoms with Gasteiger partial charge < -0.3 is 15.2 Å². The summed E-state index contributed by atoms with van der Waals surface area (Å²) in [7, 11) is 1.60. The van der Waals surface area contributed by atoms with Crippen molar-refractivity contribution in [3.05, 3.63) is 29.8 Å². The molecule has 6 heteroatoms. The molecule has 0 spiro atoms. The Morgan fingerprint density at radius 3 is 2.52 bits per heavy atom. The molecule has 116 valence electrons. The van der Waals surface area contributed by atoms with Crippen LogP contribution >= 0.6 is 11.8 Å². The van der Waals surface area contributed by atoms with Crippen molar-refractivity contribution in [2.45, 2.75) is 25.3 Å². The lowest BCUT2D eigenvalue weighted by atomic mass is 10.1. The standard InChI is InChI=1S/C15H21NO4S/c1-20-12-6-3-11(4-7-12)5-8-14(17)16-13(15(18)19)9-10-21-2/h3-4,6-7,13H,5,8-10H2,1-2H3,(H,16,17)(H,18,19)/t13-/m1/s1. The highest BCUT2D eigenvalue weighted by atomic mass is 32.2. The molecule has 0 aliphatic carbocycles. The van der Waals surface area contributed by atoms with Crippen LogP contribution in [0.25, 0.3) is 0 Å². The third-order valence-corrected chi connectivity index (χ3v) is 3.69. The van der Waals surface area contributed by atoms with E-state index in [9.17, 15) is 9.59 Å². The van der Waals surface area contributed by atoms with Gasteiger partial charge in [-0.3, -0.25) is 4.79 Å². The number of aryl methyl sites for hydroxylation is 1. The zero-order chi connectivity index (χ0) is 15.7. The summed E-state index contributed by atoms with van der Waals surface area (Å²) in [6.07, 6.45) is 3.19. The van der Waals surface area contributed by atoms with Gasteiger partial charge in [0.05, 0.1) is 7.11 Å². The Bertz CT molecular complexity index is 461. The summed E-state index contributed by atoms with van der Waals surface area (Å²) in [5.74, 6) is 0.253. The maximum Gasteiger partial charge on any atom is 0.326 e. The SMILES string of the molecule is COc1ccc(CCC(=O)N[C@H](CCSC)C(=O)O)cc1. The zero-order valence-corrected chi connectivity index (χ0v) is 13.1. The minimum absolute atomic E-state index is 0.237. The maximum atomic E-state index is 11.8. The van der Waals surface area contributed by atoms with Crippen LogP contribution in [0.3, 0.4) is 0 Å². The third kappa shape index (κ3) is 6.53. The van der Waals surface area contributed by atoms with E-state index in [0.29, 0.717) is 18.6 Å². The first-order valence-corrected chi connectivity index (χ1v) is 8.10. The molecule has 0 aliphatic rings. The second kappa shape index (κ2) is 9.28. The molecular weight excluding hydrogens is 290 g/mol. The molecule has 0 bridgehead atoms. The molecule has 1 aromatic rings. The molecule has 0 unspecified atom stereocenters. The number of carboxylic acids is 1. The lowest BCUT2D eigenvalue weighted by Crippen LogP contribution is -2.41. The second-order valence-electron chi connectivity index (χ2n) is 4.59. The van der Waals surface area contributed by atoms with Crippen molar-refractivity contribution in [2.75, 3.05) is 19.1 Å². The number of hydrogen-bond donors (Lipinski definition) is 2. The Hall–Kier alpha value is -1.69. The first-order valence-electron chi connectivity index (χ1n) is 6.71. The van der Waals surface area contributed by atoms with Crippen LogP contribution in [0.15, 0.2) is 24.3 Å². The monoisotopic (exact) mass is 311 g/mol. The number of carbonyl (C=O) groups excluding carboxylic acids is 1. The average Bonchev–Trinajstić information content (AvgIpc) is 2.49. The molecule has 1 amide bonds. The average molecular weight is 311 g/mol. The molecule has 0 fully saturated rings. The zero-order valence-electron chi connectivity index (χ0n) is 12.3. The van der Waals surface area contributed by atoms with Gasteiger partial charge in [-0.25, -0.2) is 4.79 Å². The second-order valence-corrected chi connectivity index (χ2v) is 5.57. The maximum absolute atomic E-state index is 11.8. The number of rotatable bonds is 9. The lowest BCUT2D eigenvalue weighted by molar-refractivity contribution is -0.141. The van der Waals surface area contributed by atoms with Gasteiger partial charge in [-0.2, -0.15) is 11.8 Å². The van der Waals surface area contributed by atoms with Gasteiger partial charge in [0, 0.05) is 6.42 Å². The van der Waals surface area contributed by atoms with E-state index in [1.54, 1.807) is 18.9 Å². The molecule has 0 aromatic heterocycles. The molecule has 0 saturated heterocycles. The van der Waals surface area contributed by atoms with Gasteiger partial charge >= 0.3 is 5.97 Å². The number of amides is 1. The molecule has 5 nitrogen and oxygen atoms in total. The summed E-state index contributed by atoms with van der Waals surface area (Å²) >= 11 is 1.56. The van der Waals surface area contributed by atoms with Gasteiger partial charge in [0.25, 0.3) is 0 Å². The van der Waals surface area contributed by atoms with Crippen molar-refractivity contribution in [1.29, 1.82) is 0 Å². The first-order chi connectivity index (χ1) is 10.1. The summed E-state index contributed by atoms with van der Waals surface area (Å²) in [5.41, 5.74) is 1.02. The minimum atomic E-state index is -0.984. The van der Waals surface area contributed by atoms with Crippen molar-refractivity contribution < 1.29 is 19.4 Å². The predicted octanol–water partition coefficient (Wildman–Crippen LogP) is 1.95. The van der Waals surface area contributed by atoms with Crippen molar-refractivity contribution in [1.82, 2.24) is 5.32 Å². The van der Waals surface area contributed by atoms with Crippen LogP contribution in [0, 0.1) is 0 Å². The molecule has 1 rings (SSSR count). The van der Waals surface area contributed by atoms with Gasteiger partial charge in [-0.05, 0) is 42.5 Å². The van der Waals surface area contributed by atoms with Gasteiger partial charge in [0.1, 0.15) is 11.8 Å². The Kier molecular flexibility index (Phi) is 7.68. The number of hydrogen-bond acceptors (Lipinski definition) is 4. The van der Waals surface area contributed by atoms with Crippen LogP contribution in [0.4, 0.5) is 0 Å². The van der Waals surface area contributed by atoms with Crippen molar-refractivity contribution >= 4 is 23.6 Å². The highest BCUT2D eigenvalue weighted by molar-refractivity contribution is 7.98. The van der Waals surface area contributed by atoms with E-state index >= 15 is 0 Å². The number of carboxylic acid groups (broad SMARTS) is 1. The van der Waals surface area contributed by atoms with E-state index in [0.717, 1.165) is 11.3 Å². The molecule has 2 N–H and O–H groups in total. The fourth-order valence-corrected chi connectivity index (χ4v) is 2.28. The topological polar surface area (TPSA) is 75.6 Å². The van der Waals surface area contributed by atoms with Gasteiger partial charge in [-0.1, -0.05) is 12.1 Å². The Balaban J connectivity index is 2.42. The van der Waals surface area contributed by atoms with Crippen molar-refractivity contribution in [2.24, 2.45) is 0 Å². The van der Waals surface area contributed by atoms with E-state index in [2.05, 4.69) is 5.32 Å². The highest BCUT2D eigenvalue weighted by Gasteiger charge is 2.18. The number of ether oxygens (including phenoxy) is 1. The number of carbonyl (C=O) groups is 2. The van der Waals surface area contributed by atoms with E-state index in [1.165, 1.54) is 0 Å². The lowest BCUT2D eigenvalue weighted by Gasteiger charge is -2.13. The summed E-state index contributed by atoms with van der Waals surface area (Å²) in [6, 6.07) is 6.67. The molecular formula is C15H21NO4S. The summed E-state index contributed by atoms with van der Waals surface area (Å²) in [5, 5.41) is 11.6. The normalized spacial score (nSPS) is 11.7. The van der Waals surface area contributed by atoms with E-state index in [-0.39, 0.29) is 12.3 Å². The summed E-state index contributed by atoms with van der Waals surface area (Å²) in [6.45, 7) is 0. The fourth-order valence-electron chi connectivity index (χ4n) is 1.81. The number of thioether (sulfide) groups is 1. The predicted molar refractivity (Wildman–Crippen MR) is 83.9 cm³/mol. The quantitative estimate of drug-likeness (QED) is 0.729. The highest BCUT2D eigenvalue weighted by Crippen LogP contribution is 2.12. The van der Waals surface area contributed by atoms with Crippen LogP contribution < -0.4 is 10.1 Å². The summed E-state index contributed by atoms with van der Waals surface area (Å²) in [4.78, 5) is 22.9. The number of aliphatic carboxylic acids is 1. The number of nitrogens with one attached hydrogen (secondary N) is 1. The van der Waals surface area contributed by atoms with E-state index < -0.39 is 12.0 Å². The van der Waals surface area contributed by atoms with Gasteiger partial charge in [-0.15, -0.1) is 0 Å². The molecule has 21 heavy (non-hydrogen) atoms. The fraction of sp³-hybridized carbons (Fsp3) is 0.467. The van der Waals surface area contributed by atoms with Gasteiger partial charge in [0.2, 0.25) is 5.91 Å². The smallest absolute Gasteiger partial charge is 0.326 e. The minimum Gasteiger partial charge on any atom is -0.497 e. The molecule has 0 heterocycles. The molecule has 1 aromatic carbocycles. The molecule has 0 aliphatic heterocycles. The van der Waals surface area contributed by atoms with Crippen molar-refractivity contribution in [3.8, 4) is 5.75 Å². The van der Waals surface area contributed by atoms with Crippen LogP contribution in [0.2, 0.25) is 0 Å². The summed E-state index contributed by atoms with van der Waals surface area (Å²) < 4.78 is 5.06. The third-order valence-electron chi connectivity index (χ3n) is 3.04. The Morgan fingerprint density at radius 2 is 2.00 bits per heavy atom. The largest absolute Gasteiger partial charge is 0.497 e. The van der Waals surface area contributed by atoms with Crippen molar-refractivity contribution in [3.63, 3.8) is 0 Å². The molecule has 1 atom stereocenters. The van der Waals surface area contributed by atoms with E-state index in [1.807, 2.05) is 30.5 Å². The van der Waals surface area contributed by atoms with E-state index in [4.69, 9.17) is 9.84 Å². The Morgan fingerprint density at radius 1 is 1.33 bits per heavy atom. The molecule has 0 saturated carbocycles. The van der Waals surface area contributed by atoms with Crippen LogP contribution in [0.5, 0.6) is 5.75 Å². The van der Waals surface area contributed by atoms with Gasteiger partial charge in [0.15, 0.2) is 0 Å². The number of methoxy groups -OCH3 is 1. The number of benzene rings is 1. The van der Waals surface area contributed by atoms with Crippen LogP contribution in [-0.4, -0.2) is 42.1 Å². The van der Waals surface area contributed by atoms with Crippen LogP contribution in [-0.2, 0) is 16.0 Å². The molecule has 0 radical (unpaired) electrons. The Labute approximate surface area is 129 Å². The van der Waals surface area contributed by atoms with Crippen LogP contribution in [0.1, 0.15) is 18.4 Å². The first kappa shape index (κ1) is 17.4.